The molecule has 0 aliphatic carbocycles. The highest BCUT2D eigenvalue weighted by Crippen LogP contribution is 2.43. The summed E-state index contributed by atoms with van der Waals surface area (Å²) >= 11 is 0. The van der Waals surface area contributed by atoms with E-state index in [2.05, 4.69) is 79.9 Å². The second-order valence-corrected chi connectivity index (χ2v) is 26.0. The Kier molecular flexibility index (Phi) is 59.9. The summed E-state index contributed by atoms with van der Waals surface area (Å²) in [4.78, 5) is 23.4. The zero-order chi connectivity index (χ0) is 58.4. The van der Waals surface area contributed by atoms with Crippen molar-refractivity contribution in [2.24, 2.45) is 0 Å². The summed E-state index contributed by atoms with van der Waals surface area (Å²) < 4.78 is 23.8. The first-order valence-electron chi connectivity index (χ1n) is 34.3. The van der Waals surface area contributed by atoms with Crippen molar-refractivity contribution in [1.82, 2.24) is 5.32 Å². The van der Waals surface area contributed by atoms with Gasteiger partial charge in [0.05, 0.1) is 39.9 Å². The topological polar surface area (TPSA) is 105 Å². The lowest BCUT2D eigenvalue weighted by Crippen LogP contribution is -2.45. The number of aliphatic hydroxyl groups excluding tert-OH is 1. The van der Waals surface area contributed by atoms with E-state index >= 15 is 0 Å². The Bertz CT molecular complexity index is 1530. The number of phosphoric acid groups is 1. The van der Waals surface area contributed by atoms with Crippen molar-refractivity contribution in [3.8, 4) is 0 Å². The number of allylic oxidation sites excluding steroid dienone is 11. The Morgan fingerprint density at radius 3 is 1.09 bits per heavy atom. The monoisotopic (exact) mass is 1140 g/mol. The molecule has 0 aliphatic heterocycles. The van der Waals surface area contributed by atoms with Crippen LogP contribution >= 0.6 is 7.82 Å². The molecule has 0 spiro atoms. The number of likely N-dealkylation sites (N-methyl/N-ethyl adjacent to an activating group) is 1. The van der Waals surface area contributed by atoms with Crippen molar-refractivity contribution in [1.29, 1.82) is 0 Å². The van der Waals surface area contributed by atoms with E-state index in [1.54, 1.807) is 6.08 Å². The maximum Gasteiger partial charge on any atom is 0.472 e. The van der Waals surface area contributed by atoms with Crippen LogP contribution in [-0.2, 0) is 18.4 Å². The summed E-state index contributed by atoms with van der Waals surface area (Å²) in [7, 11) is 1.55. The van der Waals surface area contributed by atoms with Crippen LogP contribution in [-0.4, -0.2) is 73.4 Å². The summed E-state index contributed by atoms with van der Waals surface area (Å²) in [6.07, 6.45) is 86.2. The molecule has 0 heterocycles. The van der Waals surface area contributed by atoms with E-state index in [0.717, 1.165) is 57.8 Å². The van der Waals surface area contributed by atoms with Gasteiger partial charge in [0.1, 0.15) is 13.2 Å². The molecule has 0 aromatic carbocycles. The van der Waals surface area contributed by atoms with E-state index in [1.165, 1.54) is 244 Å². The summed E-state index contributed by atoms with van der Waals surface area (Å²) in [5, 5.41) is 14.0. The quantitative estimate of drug-likeness (QED) is 0.0243. The first-order valence-corrected chi connectivity index (χ1v) is 35.8. The molecule has 80 heavy (non-hydrogen) atoms. The van der Waals surface area contributed by atoms with Gasteiger partial charge in [-0.15, -0.1) is 0 Å². The van der Waals surface area contributed by atoms with Gasteiger partial charge >= 0.3 is 7.82 Å². The van der Waals surface area contributed by atoms with Crippen LogP contribution in [0.15, 0.2) is 72.9 Å². The predicted octanol–water partition coefficient (Wildman–Crippen LogP) is 21.8. The molecule has 3 N–H and O–H groups in total. The van der Waals surface area contributed by atoms with E-state index in [-0.39, 0.29) is 19.1 Å². The molecular formula is C71H134N2O6P+. The van der Waals surface area contributed by atoms with Gasteiger partial charge in [-0.1, -0.05) is 305 Å². The first-order chi connectivity index (χ1) is 39.0. The fraction of sp³-hybridized carbons (Fsp3) is 0.817. The van der Waals surface area contributed by atoms with Crippen LogP contribution in [0.1, 0.15) is 322 Å². The molecular weight excluding hydrogens is 1010 g/mol. The molecule has 0 aliphatic rings. The van der Waals surface area contributed by atoms with Gasteiger partial charge < -0.3 is 19.8 Å². The molecule has 468 valence electrons. The van der Waals surface area contributed by atoms with Crippen LogP contribution in [0.3, 0.4) is 0 Å². The maximum atomic E-state index is 13.0. The second kappa shape index (κ2) is 61.5. The van der Waals surface area contributed by atoms with Gasteiger partial charge in [-0.25, -0.2) is 4.57 Å². The van der Waals surface area contributed by atoms with Gasteiger partial charge in [0.25, 0.3) is 0 Å². The molecule has 9 heteroatoms. The fourth-order valence-electron chi connectivity index (χ4n) is 10.0. The third-order valence-corrected chi connectivity index (χ3v) is 16.4. The third-order valence-electron chi connectivity index (χ3n) is 15.4. The Hall–Kier alpha value is -2.06. The second-order valence-electron chi connectivity index (χ2n) is 24.5. The van der Waals surface area contributed by atoms with Gasteiger partial charge in [-0.3, -0.25) is 13.8 Å². The van der Waals surface area contributed by atoms with Crippen LogP contribution in [0, 0.1) is 0 Å². The van der Waals surface area contributed by atoms with Gasteiger partial charge in [0, 0.05) is 6.42 Å². The highest BCUT2D eigenvalue weighted by molar-refractivity contribution is 7.47. The molecule has 1 amide bonds. The highest BCUT2D eigenvalue weighted by Gasteiger charge is 2.28. The summed E-state index contributed by atoms with van der Waals surface area (Å²) in [6.45, 7) is 4.81. The fourth-order valence-corrected chi connectivity index (χ4v) is 10.8. The first kappa shape index (κ1) is 77.9. The molecule has 0 aromatic rings. The standard InChI is InChI=1S/C71H133N2O6P/c1-6-8-10-12-14-16-18-20-22-24-26-28-30-32-34-36-38-40-42-44-46-48-50-52-54-56-58-60-62-64-70(74)69(68-79-80(76,77)78-67-66-73(3,4)5)72-71(75)65-63-61-59-57-55-53-51-49-47-45-43-41-39-37-35-33-31-29-27-25-23-21-19-17-15-13-11-9-7-2/h19,21,25,27,31,33,46,48,54,56,62,64,69-70,74H,6-18,20,22-24,26,28-30,32,34-45,47,49-53,55,57-61,63,65-68H2,1-5H3,(H-,72,75,76,77)/p+1/b21-19-,27-25-,33-31-,48-46+,56-54+,64-62+. The smallest absolute Gasteiger partial charge is 0.387 e. The van der Waals surface area contributed by atoms with E-state index in [4.69, 9.17) is 9.05 Å². The van der Waals surface area contributed by atoms with Crippen molar-refractivity contribution in [3.63, 3.8) is 0 Å². The van der Waals surface area contributed by atoms with E-state index in [9.17, 15) is 19.4 Å². The summed E-state index contributed by atoms with van der Waals surface area (Å²) in [5.41, 5.74) is 0. The highest BCUT2D eigenvalue weighted by atomic mass is 31.2. The van der Waals surface area contributed by atoms with Gasteiger partial charge in [-0.05, 0) is 83.5 Å². The predicted molar refractivity (Wildman–Crippen MR) is 350 cm³/mol. The minimum absolute atomic E-state index is 0.0517. The number of phosphoric ester groups is 1. The van der Waals surface area contributed by atoms with Crippen molar-refractivity contribution >= 4 is 13.7 Å². The lowest BCUT2D eigenvalue weighted by molar-refractivity contribution is -0.870. The Labute approximate surface area is 497 Å². The third kappa shape index (κ3) is 63.5. The Balaban J connectivity index is 4.16. The zero-order valence-electron chi connectivity index (χ0n) is 53.6. The minimum Gasteiger partial charge on any atom is -0.387 e. The average molecular weight is 1140 g/mol. The largest absolute Gasteiger partial charge is 0.472 e. The van der Waals surface area contributed by atoms with Gasteiger partial charge in [0.15, 0.2) is 0 Å². The number of carbonyl (C=O) groups is 1. The average Bonchev–Trinajstić information content (AvgIpc) is 3.42. The van der Waals surface area contributed by atoms with E-state index in [0.29, 0.717) is 17.4 Å². The number of quaternary nitrogens is 1. The van der Waals surface area contributed by atoms with Crippen molar-refractivity contribution in [3.05, 3.63) is 72.9 Å². The van der Waals surface area contributed by atoms with Crippen LogP contribution < -0.4 is 5.32 Å². The van der Waals surface area contributed by atoms with Crippen molar-refractivity contribution in [2.45, 2.75) is 334 Å². The van der Waals surface area contributed by atoms with Crippen LogP contribution in [0.25, 0.3) is 0 Å². The van der Waals surface area contributed by atoms with Gasteiger partial charge in [0.2, 0.25) is 5.91 Å². The minimum atomic E-state index is -4.37. The van der Waals surface area contributed by atoms with Crippen LogP contribution in [0.5, 0.6) is 0 Å². The van der Waals surface area contributed by atoms with Crippen molar-refractivity contribution < 1.29 is 32.9 Å². The number of hydrogen-bond donors (Lipinski definition) is 3. The molecule has 0 rings (SSSR count). The number of aliphatic hydroxyl groups is 1. The number of nitrogens with one attached hydrogen (secondary N) is 1. The number of nitrogens with zero attached hydrogens (tertiary/aromatic N) is 1. The molecule has 3 atom stereocenters. The number of amides is 1. The normalized spacial score (nSPS) is 14.1. The van der Waals surface area contributed by atoms with Crippen LogP contribution in [0.4, 0.5) is 0 Å². The Morgan fingerprint density at radius 2 is 0.725 bits per heavy atom. The molecule has 3 unspecified atom stereocenters. The summed E-state index contributed by atoms with van der Waals surface area (Å²) in [5.74, 6) is -0.190. The van der Waals surface area contributed by atoms with Gasteiger partial charge in [-0.2, -0.15) is 0 Å². The molecule has 0 aromatic heterocycles. The van der Waals surface area contributed by atoms with E-state index in [1.807, 2.05) is 27.2 Å². The van der Waals surface area contributed by atoms with Crippen LogP contribution in [0.2, 0.25) is 0 Å². The molecule has 0 saturated carbocycles. The number of carbonyl (C=O) groups excluding carboxylic acids is 1. The summed E-state index contributed by atoms with van der Waals surface area (Å²) in [6, 6.07) is -0.875. The lowest BCUT2D eigenvalue weighted by atomic mass is 10.0. The molecule has 8 nitrogen and oxygen atoms in total. The number of rotatable bonds is 63. The molecule has 0 fully saturated rings. The Morgan fingerprint density at radius 1 is 0.425 bits per heavy atom. The number of hydrogen-bond acceptors (Lipinski definition) is 5. The van der Waals surface area contributed by atoms with Crippen molar-refractivity contribution in [2.75, 3.05) is 40.9 Å². The number of unbranched alkanes of at least 4 members (excludes halogenated alkanes) is 40. The molecule has 0 bridgehead atoms. The SMILES string of the molecule is CCCCCCC/C=C\C/C=C\C/C=C\CCCCCCCCCCCCCCCCC(=O)NC(COP(=O)(O)OCC[N+](C)(C)C)C(O)/C=C/CC/C=C/CC/C=C/CCCCCCCCCCCCCCCCCCCCC. The molecule has 0 radical (unpaired) electrons. The lowest BCUT2D eigenvalue weighted by Gasteiger charge is -2.25. The molecule has 0 saturated heterocycles. The zero-order valence-corrected chi connectivity index (χ0v) is 54.5. The van der Waals surface area contributed by atoms with E-state index < -0.39 is 20.0 Å². The maximum absolute atomic E-state index is 13.0.